The van der Waals surface area contributed by atoms with Crippen LogP contribution in [0.2, 0.25) is 0 Å². The maximum atomic E-state index is 13.6. The van der Waals surface area contributed by atoms with Crippen molar-refractivity contribution in [3.05, 3.63) is 60.0 Å². The molecule has 2 aliphatic rings. The molecular formula is C23H25Cl2F3N4O. The number of aliphatic hydroxyl groups is 1. The molecule has 5 nitrogen and oxygen atoms in total. The van der Waals surface area contributed by atoms with Gasteiger partial charge in [0, 0.05) is 30.6 Å². The molecule has 2 N–H and O–H groups in total. The number of nitrogens with zero attached hydrogens (tertiary/aromatic N) is 3. The average Bonchev–Trinajstić information content (AvgIpc) is 3.29. The van der Waals surface area contributed by atoms with Crippen molar-refractivity contribution in [1.82, 2.24) is 20.2 Å². The third-order valence-electron chi connectivity index (χ3n) is 6.54. The number of hydrogen-bond donors (Lipinski definition) is 2. The molecule has 0 aliphatic carbocycles. The summed E-state index contributed by atoms with van der Waals surface area (Å²) in [7, 11) is 0. The first-order valence-corrected chi connectivity index (χ1v) is 10.3. The highest BCUT2D eigenvalue weighted by molar-refractivity contribution is 5.86. The smallest absolute Gasteiger partial charge is 0.396 e. The Balaban J connectivity index is 0.00000153. The Morgan fingerprint density at radius 1 is 1.06 bits per heavy atom. The van der Waals surface area contributed by atoms with Gasteiger partial charge in [-0.05, 0) is 35.4 Å². The highest BCUT2D eigenvalue weighted by Crippen LogP contribution is 2.39. The van der Waals surface area contributed by atoms with Crippen molar-refractivity contribution in [2.24, 2.45) is 11.3 Å². The monoisotopic (exact) mass is 500 g/mol. The highest BCUT2D eigenvalue weighted by Gasteiger charge is 2.49. The number of alkyl halides is 3. The zero-order valence-electron chi connectivity index (χ0n) is 17.7. The molecule has 0 bridgehead atoms. The van der Waals surface area contributed by atoms with Gasteiger partial charge in [0.2, 0.25) is 0 Å². The van der Waals surface area contributed by atoms with Crippen LogP contribution in [0.4, 0.5) is 13.2 Å². The summed E-state index contributed by atoms with van der Waals surface area (Å²) in [6, 6.07) is 14.3. The number of hydrogen-bond acceptors (Lipinski definition) is 5. The molecule has 0 saturated carbocycles. The van der Waals surface area contributed by atoms with Gasteiger partial charge in [-0.25, -0.2) is 9.97 Å². The van der Waals surface area contributed by atoms with Gasteiger partial charge in [-0.3, -0.25) is 4.90 Å². The van der Waals surface area contributed by atoms with Crippen LogP contribution in [0.3, 0.4) is 0 Å². The number of aliphatic hydroxyl groups excluding tert-OH is 1. The summed E-state index contributed by atoms with van der Waals surface area (Å²) in [5.74, 6) is 0.433. The Labute approximate surface area is 202 Å². The van der Waals surface area contributed by atoms with Crippen LogP contribution < -0.4 is 5.32 Å². The van der Waals surface area contributed by atoms with Crippen LogP contribution in [0.1, 0.15) is 11.5 Å². The van der Waals surface area contributed by atoms with Crippen molar-refractivity contribution in [3.8, 4) is 11.3 Å². The summed E-state index contributed by atoms with van der Waals surface area (Å²) < 4.78 is 40.8. The quantitative estimate of drug-likeness (QED) is 0.562. The minimum atomic E-state index is -4.55. The van der Waals surface area contributed by atoms with Crippen molar-refractivity contribution >= 4 is 35.6 Å². The molecule has 0 amide bonds. The fourth-order valence-corrected chi connectivity index (χ4v) is 4.89. The summed E-state index contributed by atoms with van der Waals surface area (Å²) in [4.78, 5) is 10.4. The lowest BCUT2D eigenvalue weighted by Gasteiger charge is -2.25. The van der Waals surface area contributed by atoms with Crippen LogP contribution in [-0.2, 0) is 12.7 Å². The van der Waals surface area contributed by atoms with E-state index in [1.54, 1.807) is 6.07 Å². The van der Waals surface area contributed by atoms with Gasteiger partial charge in [-0.2, -0.15) is 13.2 Å². The zero-order chi connectivity index (χ0) is 21.6. The molecule has 3 aromatic rings. The second-order valence-corrected chi connectivity index (χ2v) is 8.63. The number of likely N-dealkylation sites (tertiary alicyclic amines) is 1. The molecule has 0 spiro atoms. The Morgan fingerprint density at radius 2 is 1.82 bits per heavy atom. The standard InChI is InChI=1S/C23H23F3N4O.2ClH/c24-23(25,26)20-8-19(17-6-5-15-3-1-2-4-16(15)7-17)28-21(29-20)11-30-10-18-9-27-12-22(18,13-30)14-31;;/h1-8,18,27,31H,9-14H2;2*1H. The third-order valence-corrected chi connectivity index (χ3v) is 6.54. The van der Waals surface area contributed by atoms with Crippen LogP contribution in [0.15, 0.2) is 48.5 Å². The molecule has 178 valence electrons. The van der Waals surface area contributed by atoms with Crippen molar-refractivity contribution in [1.29, 1.82) is 0 Å². The van der Waals surface area contributed by atoms with Crippen molar-refractivity contribution in [2.75, 3.05) is 32.8 Å². The fourth-order valence-electron chi connectivity index (χ4n) is 4.89. The van der Waals surface area contributed by atoms with Crippen LogP contribution in [0.25, 0.3) is 22.0 Å². The summed E-state index contributed by atoms with van der Waals surface area (Å²) in [6.07, 6.45) is -4.55. The zero-order valence-corrected chi connectivity index (χ0v) is 19.3. The summed E-state index contributed by atoms with van der Waals surface area (Å²) >= 11 is 0. The summed E-state index contributed by atoms with van der Waals surface area (Å²) in [5, 5.41) is 15.2. The molecule has 33 heavy (non-hydrogen) atoms. The maximum Gasteiger partial charge on any atom is 0.433 e. The van der Waals surface area contributed by atoms with E-state index >= 15 is 0 Å². The van der Waals surface area contributed by atoms with Gasteiger partial charge in [0.1, 0.15) is 11.5 Å². The van der Waals surface area contributed by atoms with E-state index in [4.69, 9.17) is 0 Å². The predicted molar refractivity (Wildman–Crippen MR) is 126 cm³/mol. The van der Waals surface area contributed by atoms with Crippen LogP contribution in [0, 0.1) is 11.3 Å². The molecule has 0 radical (unpaired) electrons. The summed E-state index contributed by atoms with van der Waals surface area (Å²) in [6.45, 7) is 3.14. The van der Waals surface area contributed by atoms with E-state index in [1.165, 1.54) is 0 Å². The molecule has 10 heteroatoms. The van der Waals surface area contributed by atoms with Gasteiger partial charge in [0.05, 0.1) is 18.8 Å². The third kappa shape index (κ3) is 4.95. The highest BCUT2D eigenvalue weighted by atomic mass is 35.5. The Morgan fingerprint density at radius 3 is 2.52 bits per heavy atom. The Kier molecular flexibility index (Phi) is 7.55. The lowest BCUT2D eigenvalue weighted by Crippen LogP contribution is -2.36. The number of rotatable bonds is 4. The largest absolute Gasteiger partial charge is 0.433 e. The normalized spacial score (nSPS) is 22.6. The van der Waals surface area contributed by atoms with Crippen molar-refractivity contribution in [2.45, 2.75) is 12.7 Å². The van der Waals surface area contributed by atoms with Crippen LogP contribution in [0.5, 0.6) is 0 Å². The maximum absolute atomic E-state index is 13.6. The van der Waals surface area contributed by atoms with Crippen molar-refractivity contribution < 1.29 is 18.3 Å². The SMILES string of the molecule is Cl.Cl.OCC12CNCC1CN(Cc1nc(-c3ccc4ccccc4c3)cc(C(F)(F)F)n1)C2. The molecule has 3 heterocycles. The lowest BCUT2D eigenvalue weighted by atomic mass is 9.82. The second kappa shape index (κ2) is 9.72. The van der Waals surface area contributed by atoms with E-state index < -0.39 is 11.9 Å². The number of nitrogens with one attached hydrogen (secondary N) is 1. The minimum absolute atomic E-state index is 0. The predicted octanol–water partition coefficient (Wildman–Crippen LogP) is 4.17. The molecule has 2 aliphatic heterocycles. The van der Waals surface area contributed by atoms with Crippen LogP contribution >= 0.6 is 24.8 Å². The number of halogens is 5. The van der Waals surface area contributed by atoms with Gasteiger partial charge in [0.25, 0.3) is 0 Å². The van der Waals surface area contributed by atoms with E-state index in [0.29, 0.717) is 18.7 Å². The van der Waals surface area contributed by atoms with E-state index in [1.807, 2.05) is 36.4 Å². The molecule has 2 unspecified atom stereocenters. The molecule has 2 atom stereocenters. The molecule has 2 aromatic carbocycles. The lowest BCUT2D eigenvalue weighted by molar-refractivity contribution is -0.141. The molecule has 2 saturated heterocycles. The first kappa shape index (κ1) is 25.6. The number of fused-ring (bicyclic) bond motifs is 2. The average molecular weight is 501 g/mol. The number of benzene rings is 2. The first-order valence-electron chi connectivity index (χ1n) is 10.3. The van der Waals surface area contributed by atoms with Gasteiger partial charge in [0.15, 0.2) is 0 Å². The first-order chi connectivity index (χ1) is 14.9. The van der Waals surface area contributed by atoms with Crippen LogP contribution in [-0.4, -0.2) is 52.8 Å². The minimum Gasteiger partial charge on any atom is -0.396 e. The fraction of sp³-hybridized carbons (Fsp3) is 0.391. The second-order valence-electron chi connectivity index (χ2n) is 8.63. The van der Waals surface area contributed by atoms with E-state index in [0.717, 1.165) is 29.9 Å². The van der Waals surface area contributed by atoms with E-state index in [2.05, 4.69) is 20.2 Å². The molecule has 5 rings (SSSR count). The Bertz CT molecular complexity index is 1130. The molecular weight excluding hydrogens is 476 g/mol. The number of aromatic nitrogens is 2. The van der Waals surface area contributed by atoms with Crippen molar-refractivity contribution in [3.63, 3.8) is 0 Å². The van der Waals surface area contributed by atoms with Gasteiger partial charge >= 0.3 is 6.18 Å². The Hall–Kier alpha value is -1.97. The van der Waals surface area contributed by atoms with E-state index in [-0.39, 0.29) is 60.8 Å². The van der Waals surface area contributed by atoms with Gasteiger partial charge < -0.3 is 10.4 Å². The van der Waals surface area contributed by atoms with E-state index in [9.17, 15) is 18.3 Å². The summed E-state index contributed by atoms with van der Waals surface area (Å²) in [5.41, 5.74) is -0.273. The molecule has 2 fully saturated rings. The van der Waals surface area contributed by atoms with Gasteiger partial charge in [-0.1, -0.05) is 36.4 Å². The van der Waals surface area contributed by atoms with Gasteiger partial charge in [-0.15, -0.1) is 24.8 Å². The topological polar surface area (TPSA) is 61.3 Å². The molecule has 1 aromatic heterocycles.